The fourth-order valence-electron chi connectivity index (χ4n) is 2.98. The van der Waals surface area contributed by atoms with Crippen molar-refractivity contribution in [2.45, 2.75) is 38.6 Å². The first kappa shape index (κ1) is 14.8. The van der Waals surface area contributed by atoms with E-state index in [-0.39, 0.29) is 12.0 Å². The van der Waals surface area contributed by atoms with E-state index in [1.54, 1.807) is 4.68 Å². The summed E-state index contributed by atoms with van der Waals surface area (Å²) in [6.45, 7) is 4.96. The molecule has 24 heavy (non-hydrogen) atoms. The Kier molecular flexibility index (Phi) is 3.72. The summed E-state index contributed by atoms with van der Waals surface area (Å²) in [7, 11) is 0. The molecule has 8 heteroatoms. The zero-order chi connectivity index (χ0) is 16.5. The maximum atomic E-state index is 5.50. The maximum absolute atomic E-state index is 5.50. The minimum atomic E-state index is 0.0125. The molecule has 0 spiro atoms. The van der Waals surface area contributed by atoms with Crippen molar-refractivity contribution < 1.29 is 4.52 Å². The highest BCUT2D eigenvalue weighted by atomic mass is 16.5. The topological polar surface area (TPSA) is 85.8 Å². The molecule has 2 aromatic heterocycles. The lowest BCUT2D eigenvalue weighted by atomic mass is 10.2. The molecular weight excluding hydrogens is 306 g/mol. The summed E-state index contributed by atoms with van der Waals surface area (Å²) in [5, 5.41) is 16.3. The number of aromatic nitrogens is 6. The van der Waals surface area contributed by atoms with Gasteiger partial charge in [0, 0.05) is 12.5 Å². The summed E-state index contributed by atoms with van der Waals surface area (Å²) in [5.41, 5.74) is 0.927. The van der Waals surface area contributed by atoms with Crippen LogP contribution in [0.25, 0.3) is 5.69 Å². The Hall–Kier alpha value is -2.77. The third kappa shape index (κ3) is 2.53. The molecular formula is C16H19N7O. The standard InChI is InChI=1S/C16H19N7O/c1-11(2)14-17-15(24-19-14)13-9-6-10-22(13)16-18-20-21-23(16)12-7-4-3-5-8-12/h3-5,7-8,11,13H,6,9-10H2,1-2H3/t13-/m0/s1. The molecule has 1 saturated heterocycles. The zero-order valence-corrected chi connectivity index (χ0v) is 13.7. The van der Waals surface area contributed by atoms with E-state index in [0.29, 0.717) is 11.8 Å². The lowest BCUT2D eigenvalue weighted by Gasteiger charge is -2.22. The molecule has 0 aliphatic carbocycles. The number of para-hydroxylation sites is 1. The fraction of sp³-hybridized carbons (Fsp3) is 0.438. The molecule has 1 fully saturated rings. The second-order valence-electron chi connectivity index (χ2n) is 6.22. The molecule has 1 aromatic carbocycles. The van der Waals surface area contributed by atoms with Crippen molar-refractivity contribution in [1.29, 1.82) is 0 Å². The lowest BCUT2D eigenvalue weighted by Crippen LogP contribution is -2.26. The number of benzene rings is 1. The van der Waals surface area contributed by atoms with Crippen molar-refractivity contribution in [2.24, 2.45) is 0 Å². The van der Waals surface area contributed by atoms with Crippen LogP contribution in [0.2, 0.25) is 0 Å². The smallest absolute Gasteiger partial charge is 0.251 e. The van der Waals surface area contributed by atoms with Gasteiger partial charge in [0.15, 0.2) is 5.82 Å². The Labute approximate surface area is 139 Å². The first-order valence-corrected chi connectivity index (χ1v) is 8.18. The molecule has 0 saturated carbocycles. The van der Waals surface area contributed by atoms with Crippen molar-refractivity contribution in [3.8, 4) is 5.69 Å². The second-order valence-corrected chi connectivity index (χ2v) is 6.22. The Morgan fingerprint density at radius 3 is 2.79 bits per heavy atom. The van der Waals surface area contributed by atoms with E-state index in [0.717, 1.165) is 30.9 Å². The van der Waals surface area contributed by atoms with Gasteiger partial charge in [0.2, 0.25) is 5.89 Å². The molecule has 0 N–H and O–H groups in total. The van der Waals surface area contributed by atoms with E-state index >= 15 is 0 Å². The van der Waals surface area contributed by atoms with Crippen LogP contribution >= 0.6 is 0 Å². The number of rotatable bonds is 4. The summed E-state index contributed by atoms with van der Waals surface area (Å²) in [6, 6.07) is 9.88. The summed E-state index contributed by atoms with van der Waals surface area (Å²) in [4.78, 5) is 6.70. The van der Waals surface area contributed by atoms with Crippen LogP contribution in [0.3, 0.4) is 0 Å². The maximum Gasteiger partial charge on any atom is 0.251 e. The number of anilines is 1. The van der Waals surface area contributed by atoms with Crippen LogP contribution < -0.4 is 4.90 Å². The van der Waals surface area contributed by atoms with Crippen molar-refractivity contribution in [3.63, 3.8) is 0 Å². The fourth-order valence-corrected chi connectivity index (χ4v) is 2.98. The average molecular weight is 325 g/mol. The number of hydrogen-bond acceptors (Lipinski definition) is 7. The minimum Gasteiger partial charge on any atom is -0.337 e. The van der Waals surface area contributed by atoms with Gasteiger partial charge < -0.3 is 9.42 Å². The first-order valence-electron chi connectivity index (χ1n) is 8.18. The lowest BCUT2D eigenvalue weighted by molar-refractivity contribution is 0.348. The van der Waals surface area contributed by atoms with E-state index < -0.39 is 0 Å². The molecule has 124 valence electrons. The quantitative estimate of drug-likeness (QED) is 0.728. The van der Waals surface area contributed by atoms with Crippen LogP contribution in [-0.2, 0) is 0 Å². The van der Waals surface area contributed by atoms with E-state index in [2.05, 4.69) is 44.4 Å². The molecule has 0 unspecified atom stereocenters. The third-order valence-electron chi connectivity index (χ3n) is 4.22. The van der Waals surface area contributed by atoms with Gasteiger partial charge in [-0.15, -0.1) is 0 Å². The normalized spacial score (nSPS) is 17.8. The van der Waals surface area contributed by atoms with Gasteiger partial charge in [-0.3, -0.25) is 0 Å². The van der Waals surface area contributed by atoms with Gasteiger partial charge in [0.05, 0.1) is 5.69 Å². The summed E-state index contributed by atoms with van der Waals surface area (Å²) in [5.74, 6) is 2.32. The van der Waals surface area contributed by atoms with Gasteiger partial charge in [0.1, 0.15) is 6.04 Å². The molecule has 1 aliphatic heterocycles. The predicted octanol–water partition coefficient (Wildman–Crippen LogP) is 2.51. The molecule has 1 atom stereocenters. The van der Waals surface area contributed by atoms with Crippen LogP contribution in [0, 0.1) is 0 Å². The Balaban J connectivity index is 1.67. The summed E-state index contributed by atoms with van der Waals surface area (Å²) in [6.07, 6.45) is 1.98. The first-order chi connectivity index (χ1) is 11.7. The zero-order valence-electron chi connectivity index (χ0n) is 13.7. The second kappa shape index (κ2) is 6.03. The molecule has 3 aromatic rings. The monoisotopic (exact) mass is 325 g/mol. The molecule has 0 radical (unpaired) electrons. The van der Waals surface area contributed by atoms with Gasteiger partial charge in [-0.2, -0.15) is 9.67 Å². The number of hydrogen-bond donors (Lipinski definition) is 0. The van der Waals surface area contributed by atoms with E-state index in [4.69, 9.17) is 4.52 Å². The highest BCUT2D eigenvalue weighted by Gasteiger charge is 2.34. The van der Waals surface area contributed by atoms with Gasteiger partial charge in [0.25, 0.3) is 5.95 Å². The molecule has 0 bridgehead atoms. The Bertz CT molecular complexity index is 811. The third-order valence-corrected chi connectivity index (χ3v) is 4.22. The number of nitrogens with zero attached hydrogens (tertiary/aromatic N) is 7. The number of tetrazole rings is 1. The van der Waals surface area contributed by atoms with Gasteiger partial charge in [-0.1, -0.05) is 42.3 Å². The largest absolute Gasteiger partial charge is 0.337 e. The molecule has 8 nitrogen and oxygen atoms in total. The van der Waals surface area contributed by atoms with E-state index in [1.807, 2.05) is 30.3 Å². The highest BCUT2D eigenvalue weighted by Crippen LogP contribution is 2.35. The SMILES string of the molecule is CC(C)c1noc([C@@H]2CCCN2c2nnnn2-c2ccccc2)n1. The minimum absolute atomic E-state index is 0.0125. The Morgan fingerprint density at radius 1 is 1.21 bits per heavy atom. The van der Waals surface area contributed by atoms with Crippen LogP contribution in [0.1, 0.15) is 50.4 Å². The molecule has 3 heterocycles. The molecule has 0 amide bonds. The van der Waals surface area contributed by atoms with Crippen molar-refractivity contribution in [3.05, 3.63) is 42.0 Å². The van der Waals surface area contributed by atoms with E-state index in [1.165, 1.54) is 0 Å². The van der Waals surface area contributed by atoms with Crippen molar-refractivity contribution >= 4 is 5.95 Å². The molecule has 4 rings (SSSR count). The summed E-state index contributed by atoms with van der Waals surface area (Å²) < 4.78 is 7.25. The van der Waals surface area contributed by atoms with Crippen LogP contribution in [-0.4, -0.2) is 36.9 Å². The Morgan fingerprint density at radius 2 is 2.04 bits per heavy atom. The summed E-state index contributed by atoms with van der Waals surface area (Å²) >= 11 is 0. The van der Waals surface area contributed by atoms with Gasteiger partial charge >= 0.3 is 0 Å². The van der Waals surface area contributed by atoms with Crippen LogP contribution in [0.15, 0.2) is 34.9 Å². The van der Waals surface area contributed by atoms with E-state index in [9.17, 15) is 0 Å². The van der Waals surface area contributed by atoms with Gasteiger partial charge in [-0.25, -0.2) is 0 Å². The van der Waals surface area contributed by atoms with Crippen LogP contribution in [0.5, 0.6) is 0 Å². The average Bonchev–Trinajstić information content (AvgIpc) is 3.33. The molecule has 1 aliphatic rings. The highest BCUT2D eigenvalue weighted by molar-refractivity contribution is 5.42. The van der Waals surface area contributed by atoms with Gasteiger partial charge in [-0.05, 0) is 35.4 Å². The predicted molar refractivity (Wildman–Crippen MR) is 86.9 cm³/mol. The van der Waals surface area contributed by atoms with Crippen LogP contribution in [0.4, 0.5) is 5.95 Å². The van der Waals surface area contributed by atoms with Crippen molar-refractivity contribution in [2.75, 3.05) is 11.4 Å². The van der Waals surface area contributed by atoms with Crippen molar-refractivity contribution in [1.82, 2.24) is 30.3 Å².